The Morgan fingerprint density at radius 1 is 1.81 bits per heavy atom. The quantitative estimate of drug-likeness (QED) is 0.191. The SMILES string of the molecule is Cn1cnc([N+](=O)[O-])c1SCC(=O)NN.[Cl-]. The lowest BCUT2D eigenvalue weighted by Crippen LogP contribution is -3.00. The Bertz CT molecular complexity index is 396. The number of hydrogen-bond acceptors (Lipinski definition) is 6. The molecule has 10 heteroatoms. The minimum absolute atomic E-state index is 0. The largest absolute Gasteiger partial charge is 1.00 e. The second-order valence-corrected chi connectivity index (χ2v) is 3.56. The Labute approximate surface area is 101 Å². The summed E-state index contributed by atoms with van der Waals surface area (Å²) in [6.07, 6.45) is 1.32. The number of carbonyl (C=O) groups excluding carboxylic acids is 1. The number of nitrogens with zero attached hydrogens (tertiary/aromatic N) is 3. The summed E-state index contributed by atoms with van der Waals surface area (Å²) in [6, 6.07) is 0. The van der Waals surface area contributed by atoms with E-state index in [2.05, 4.69) is 4.98 Å². The lowest BCUT2D eigenvalue weighted by molar-refractivity contribution is -0.392. The van der Waals surface area contributed by atoms with Gasteiger partial charge in [0.2, 0.25) is 12.2 Å². The first-order valence-electron chi connectivity index (χ1n) is 3.84. The van der Waals surface area contributed by atoms with E-state index in [-0.39, 0.29) is 24.0 Å². The van der Waals surface area contributed by atoms with Gasteiger partial charge in [-0.1, -0.05) is 11.8 Å². The highest BCUT2D eigenvalue weighted by molar-refractivity contribution is 8.00. The van der Waals surface area contributed by atoms with E-state index in [0.717, 1.165) is 11.8 Å². The van der Waals surface area contributed by atoms with Crippen LogP contribution in [0.3, 0.4) is 0 Å². The topological polar surface area (TPSA) is 116 Å². The molecular weight excluding hydrogens is 258 g/mol. The van der Waals surface area contributed by atoms with Gasteiger partial charge in [-0.3, -0.25) is 10.2 Å². The summed E-state index contributed by atoms with van der Waals surface area (Å²) in [5.74, 6) is 4.22. The number of aryl methyl sites for hydroxylation is 1. The molecule has 0 aliphatic heterocycles. The highest BCUT2D eigenvalue weighted by atomic mass is 35.5. The highest BCUT2D eigenvalue weighted by Crippen LogP contribution is 2.26. The predicted molar refractivity (Wildman–Crippen MR) is 52.9 cm³/mol. The number of aromatic nitrogens is 2. The van der Waals surface area contributed by atoms with Crippen molar-refractivity contribution in [2.24, 2.45) is 12.9 Å². The van der Waals surface area contributed by atoms with Gasteiger partial charge in [-0.05, 0) is 9.91 Å². The maximum Gasteiger partial charge on any atom is 0.395 e. The van der Waals surface area contributed by atoms with Crippen LogP contribution in [0, 0.1) is 10.1 Å². The van der Waals surface area contributed by atoms with Crippen LogP contribution in [0.15, 0.2) is 11.4 Å². The van der Waals surface area contributed by atoms with E-state index in [1.807, 2.05) is 5.43 Å². The van der Waals surface area contributed by atoms with Crippen LogP contribution in [0.1, 0.15) is 0 Å². The van der Waals surface area contributed by atoms with Gasteiger partial charge in [-0.15, -0.1) is 0 Å². The highest BCUT2D eigenvalue weighted by Gasteiger charge is 2.20. The van der Waals surface area contributed by atoms with Crippen molar-refractivity contribution in [3.63, 3.8) is 0 Å². The molecule has 1 heterocycles. The van der Waals surface area contributed by atoms with Crippen LogP contribution in [-0.4, -0.2) is 26.1 Å². The first-order valence-corrected chi connectivity index (χ1v) is 4.82. The number of hydrogen-bond donors (Lipinski definition) is 2. The maximum atomic E-state index is 10.8. The minimum atomic E-state index is -0.595. The molecule has 0 spiro atoms. The summed E-state index contributed by atoms with van der Waals surface area (Å²) in [4.78, 5) is 24.4. The zero-order valence-corrected chi connectivity index (χ0v) is 9.79. The minimum Gasteiger partial charge on any atom is -1.00 e. The maximum absolute atomic E-state index is 10.8. The van der Waals surface area contributed by atoms with Crippen molar-refractivity contribution in [3.8, 4) is 0 Å². The molecule has 8 nitrogen and oxygen atoms in total. The van der Waals surface area contributed by atoms with E-state index >= 15 is 0 Å². The van der Waals surface area contributed by atoms with E-state index in [1.165, 1.54) is 10.9 Å². The number of hydrazine groups is 1. The Morgan fingerprint density at radius 3 is 2.94 bits per heavy atom. The summed E-state index contributed by atoms with van der Waals surface area (Å²) in [6.45, 7) is 0. The molecule has 0 aliphatic rings. The molecule has 0 saturated carbocycles. The van der Waals surface area contributed by atoms with E-state index in [1.54, 1.807) is 7.05 Å². The van der Waals surface area contributed by atoms with Crippen LogP contribution < -0.4 is 23.7 Å². The molecule has 0 saturated heterocycles. The number of halogens is 1. The van der Waals surface area contributed by atoms with Crippen LogP contribution in [0.4, 0.5) is 5.82 Å². The third-order valence-corrected chi connectivity index (χ3v) is 2.69. The Balaban J connectivity index is 0.00000225. The molecule has 1 aromatic rings. The van der Waals surface area contributed by atoms with Crippen LogP contribution >= 0.6 is 11.8 Å². The molecule has 0 bridgehead atoms. The normalized spacial score (nSPS) is 9.38. The molecule has 0 fully saturated rings. The van der Waals surface area contributed by atoms with Gasteiger partial charge in [0, 0.05) is 7.05 Å². The van der Waals surface area contributed by atoms with Gasteiger partial charge < -0.3 is 27.1 Å². The fourth-order valence-electron chi connectivity index (χ4n) is 0.874. The van der Waals surface area contributed by atoms with Crippen molar-refractivity contribution in [3.05, 3.63) is 16.4 Å². The molecule has 1 amide bonds. The number of nitro groups is 1. The number of rotatable bonds is 4. The Hall–Kier alpha value is -1.32. The first-order chi connectivity index (χ1) is 7.06. The van der Waals surface area contributed by atoms with Gasteiger partial charge in [0.05, 0.1) is 5.75 Å². The number of nitrogens with two attached hydrogens (primary N) is 1. The lowest BCUT2D eigenvalue weighted by atomic mass is 10.7. The van der Waals surface area contributed by atoms with Gasteiger partial charge in [0.25, 0.3) is 0 Å². The molecule has 0 atom stereocenters. The summed E-state index contributed by atoms with van der Waals surface area (Å²) < 4.78 is 1.48. The average molecular weight is 267 g/mol. The molecule has 1 aromatic heterocycles. The van der Waals surface area contributed by atoms with Gasteiger partial charge in [0.15, 0.2) is 5.03 Å². The van der Waals surface area contributed by atoms with Crippen LogP contribution in [-0.2, 0) is 11.8 Å². The molecule has 3 N–H and O–H groups in total. The van der Waals surface area contributed by atoms with Gasteiger partial charge in [-0.2, -0.15) is 0 Å². The molecular formula is C6H9ClN5O3S-. The van der Waals surface area contributed by atoms with E-state index in [0.29, 0.717) is 5.03 Å². The third-order valence-electron chi connectivity index (χ3n) is 1.54. The molecule has 0 aromatic carbocycles. The molecule has 0 unspecified atom stereocenters. The molecule has 1 rings (SSSR count). The number of imidazole rings is 1. The van der Waals surface area contributed by atoms with Crippen molar-refractivity contribution in [1.82, 2.24) is 15.0 Å². The summed E-state index contributed by atoms with van der Waals surface area (Å²) in [5, 5.41) is 10.9. The number of nitrogens with one attached hydrogen (secondary N) is 1. The summed E-state index contributed by atoms with van der Waals surface area (Å²) in [7, 11) is 1.61. The second kappa shape index (κ2) is 6.30. The fourth-order valence-corrected chi connectivity index (χ4v) is 1.73. The van der Waals surface area contributed by atoms with Crippen molar-refractivity contribution >= 4 is 23.5 Å². The van der Waals surface area contributed by atoms with Gasteiger partial charge in [0.1, 0.15) is 0 Å². The predicted octanol–water partition coefficient (Wildman–Crippen LogP) is -3.59. The van der Waals surface area contributed by atoms with E-state index in [4.69, 9.17) is 5.84 Å². The Kier molecular flexibility index (Phi) is 5.78. The third kappa shape index (κ3) is 3.36. The number of thioether (sulfide) groups is 1. The van der Waals surface area contributed by atoms with Gasteiger partial charge >= 0.3 is 5.82 Å². The second-order valence-electron chi connectivity index (χ2n) is 2.60. The lowest BCUT2D eigenvalue weighted by Gasteiger charge is -2.00. The Morgan fingerprint density at radius 2 is 2.44 bits per heavy atom. The summed E-state index contributed by atoms with van der Waals surface area (Å²) >= 11 is 1.01. The van der Waals surface area contributed by atoms with Gasteiger partial charge in [-0.25, -0.2) is 5.84 Å². The average Bonchev–Trinajstić information content (AvgIpc) is 2.56. The van der Waals surface area contributed by atoms with Crippen LogP contribution in [0.2, 0.25) is 0 Å². The molecule has 0 radical (unpaired) electrons. The van der Waals surface area contributed by atoms with Crippen molar-refractivity contribution in [2.75, 3.05) is 5.75 Å². The number of carbonyl (C=O) groups is 1. The zero-order valence-electron chi connectivity index (χ0n) is 8.21. The van der Waals surface area contributed by atoms with E-state index < -0.39 is 10.8 Å². The van der Waals surface area contributed by atoms with Crippen molar-refractivity contribution in [2.45, 2.75) is 5.03 Å². The standard InChI is InChI=1S/C6H9N5O3S.ClH/c1-10-3-8-5(11(13)14)6(10)15-2-4(12)9-7;/h3H,2,7H2,1H3,(H,9,12);1H/p-1. The molecule has 90 valence electrons. The molecule has 0 aliphatic carbocycles. The van der Waals surface area contributed by atoms with Crippen molar-refractivity contribution < 1.29 is 22.1 Å². The van der Waals surface area contributed by atoms with Crippen LogP contribution in [0.25, 0.3) is 0 Å². The molecule has 16 heavy (non-hydrogen) atoms. The van der Waals surface area contributed by atoms with Crippen LogP contribution in [0.5, 0.6) is 0 Å². The van der Waals surface area contributed by atoms with Crippen molar-refractivity contribution in [1.29, 1.82) is 0 Å². The van der Waals surface area contributed by atoms with E-state index in [9.17, 15) is 14.9 Å². The first kappa shape index (κ1) is 14.7. The smallest absolute Gasteiger partial charge is 0.395 e. The fraction of sp³-hybridized carbons (Fsp3) is 0.333. The summed E-state index contributed by atoms with van der Waals surface area (Å²) in [5.41, 5.74) is 1.94. The zero-order chi connectivity index (χ0) is 11.4. The number of amides is 1. The monoisotopic (exact) mass is 266 g/mol.